The lowest BCUT2D eigenvalue weighted by Crippen LogP contribution is -2.45. The summed E-state index contributed by atoms with van der Waals surface area (Å²) in [5.74, 6) is -0.106. The molecule has 9 heteroatoms. The van der Waals surface area contributed by atoms with Gasteiger partial charge in [-0.3, -0.25) is 19.5 Å². The Morgan fingerprint density at radius 2 is 1.86 bits per heavy atom. The molecule has 0 saturated carbocycles. The topological polar surface area (TPSA) is 95.1 Å². The molecule has 1 aromatic carbocycles. The number of urea groups is 1. The monoisotopic (exact) mass is 491 g/mol. The number of carbonyl (C=O) groups is 3. The minimum Gasteiger partial charge on any atom is -0.444 e. The molecule has 0 bridgehead atoms. The number of nitrogens with zero attached hydrogens (tertiary/aromatic N) is 4. The molecule has 0 unspecified atom stereocenters. The third-order valence-corrected chi connectivity index (χ3v) is 5.65. The summed E-state index contributed by atoms with van der Waals surface area (Å²) >= 11 is 0. The van der Waals surface area contributed by atoms with Crippen LogP contribution in [0.15, 0.2) is 66.9 Å². The smallest absolute Gasteiger partial charge is 0.410 e. The zero-order valence-corrected chi connectivity index (χ0v) is 21.6. The maximum atomic E-state index is 13.5. The third kappa shape index (κ3) is 5.73. The number of anilines is 3. The zero-order valence-electron chi connectivity index (χ0n) is 21.6. The Balaban J connectivity index is 1.89. The van der Waals surface area contributed by atoms with Gasteiger partial charge in [-0.25, -0.2) is 14.6 Å². The molecule has 0 fully saturated rings. The number of hydrogen-bond donors (Lipinski definition) is 1. The Labute approximate surface area is 212 Å². The number of carbonyl (C=O) groups excluding carboxylic acids is 3. The normalized spacial score (nSPS) is 14.6. The molecule has 1 atom stereocenters. The van der Waals surface area contributed by atoms with Crippen molar-refractivity contribution in [3.8, 4) is 0 Å². The predicted molar refractivity (Wildman–Crippen MR) is 140 cm³/mol. The Kier molecular flexibility index (Phi) is 7.82. The summed E-state index contributed by atoms with van der Waals surface area (Å²) in [5.41, 5.74) is 1.89. The number of aromatic nitrogens is 1. The molecule has 0 saturated heterocycles. The summed E-state index contributed by atoms with van der Waals surface area (Å²) in [4.78, 5) is 47.8. The van der Waals surface area contributed by atoms with Crippen molar-refractivity contribution in [3.63, 3.8) is 0 Å². The van der Waals surface area contributed by atoms with Crippen molar-refractivity contribution in [3.05, 3.63) is 72.6 Å². The number of rotatable bonds is 6. The van der Waals surface area contributed by atoms with Crippen LogP contribution in [-0.4, -0.2) is 51.5 Å². The molecule has 4 amide bonds. The van der Waals surface area contributed by atoms with Crippen LogP contribution >= 0.6 is 0 Å². The molecule has 9 nitrogen and oxygen atoms in total. The quantitative estimate of drug-likeness (QED) is 0.543. The second-order valence-electron chi connectivity index (χ2n) is 9.38. The van der Waals surface area contributed by atoms with Gasteiger partial charge in [0.05, 0.1) is 23.6 Å². The SMILES string of the molecule is C=C/C(=C\C)N1Cc2nc(NC(=O)[C@H](C)N(C)C(=O)OC(C)(C)C)ccc2N(c2ccccc2)C1=O. The van der Waals surface area contributed by atoms with Crippen molar-refractivity contribution in [1.29, 1.82) is 0 Å². The Hall–Kier alpha value is -4.14. The molecular weight excluding hydrogens is 458 g/mol. The summed E-state index contributed by atoms with van der Waals surface area (Å²) in [7, 11) is 1.51. The standard InChI is InChI=1S/C27H33N5O4/c1-8-19(9-2)31-17-21-22(32(25(31)34)20-13-11-10-12-14-20)15-16-23(28-21)29-24(33)18(3)30(7)26(35)36-27(4,5)6/h8-16,18H,1,17H2,2-7H3,(H,28,29,33)/b19-9+/t18-/m0/s1. The van der Waals surface area contributed by atoms with Crippen molar-refractivity contribution in [2.75, 3.05) is 17.3 Å². The van der Waals surface area contributed by atoms with Crippen molar-refractivity contribution in [1.82, 2.24) is 14.8 Å². The van der Waals surface area contributed by atoms with Crippen LogP contribution < -0.4 is 10.2 Å². The van der Waals surface area contributed by atoms with Gasteiger partial charge in [0.25, 0.3) is 0 Å². The molecule has 1 aliphatic rings. The van der Waals surface area contributed by atoms with Gasteiger partial charge in [0.15, 0.2) is 0 Å². The van der Waals surface area contributed by atoms with E-state index in [-0.39, 0.29) is 12.6 Å². The summed E-state index contributed by atoms with van der Waals surface area (Å²) in [6.07, 6.45) is 2.82. The lowest BCUT2D eigenvalue weighted by molar-refractivity contribution is -0.120. The Morgan fingerprint density at radius 3 is 2.44 bits per heavy atom. The molecule has 1 aliphatic heterocycles. The number of benzene rings is 1. The minimum absolute atomic E-state index is 0.209. The zero-order chi connectivity index (χ0) is 26.6. The van der Waals surface area contributed by atoms with E-state index in [9.17, 15) is 14.4 Å². The molecule has 0 spiro atoms. The highest BCUT2D eigenvalue weighted by Crippen LogP contribution is 2.36. The van der Waals surface area contributed by atoms with Crippen molar-refractivity contribution in [2.24, 2.45) is 0 Å². The highest BCUT2D eigenvalue weighted by molar-refractivity contribution is 6.03. The number of pyridine rings is 1. The first-order chi connectivity index (χ1) is 17.0. The van der Waals surface area contributed by atoms with Crippen LogP contribution in [0.3, 0.4) is 0 Å². The third-order valence-electron chi connectivity index (χ3n) is 5.65. The van der Waals surface area contributed by atoms with Gasteiger partial charge in [0.1, 0.15) is 17.5 Å². The second kappa shape index (κ2) is 10.6. The van der Waals surface area contributed by atoms with Gasteiger partial charge in [0.2, 0.25) is 5.91 Å². The highest BCUT2D eigenvalue weighted by atomic mass is 16.6. The minimum atomic E-state index is -0.799. The fraction of sp³-hybridized carbons (Fsp3) is 0.333. The lowest BCUT2D eigenvalue weighted by atomic mass is 10.1. The molecule has 190 valence electrons. The first kappa shape index (κ1) is 26.5. The molecule has 0 radical (unpaired) electrons. The van der Waals surface area contributed by atoms with Crippen LogP contribution in [0.1, 0.15) is 40.3 Å². The summed E-state index contributed by atoms with van der Waals surface area (Å²) in [6, 6.07) is 11.7. The maximum absolute atomic E-state index is 13.5. The number of para-hydroxylation sites is 1. The number of nitrogens with one attached hydrogen (secondary N) is 1. The summed E-state index contributed by atoms with van der Waals surface area (Å²) in [5, 5.41) is 2.77. The van der Waals surface area contributed by atoms with E-state index in [1.54, 1.807) is 61.8 Å². The van der Waals surface area contributed by atoms with Crippen molar-refractivity contribution < 1.29 is 19.1 Å². The fourth-order valence-electron chi connectivity index (χ4n) is 3.64. The summed E-state index contributed by atoms with van der Waals surface area (Å²) in [6.45, 7) is 12.8. The molecule has 1 aromatic heterocycles. The van der Waals surface area contributed by atoms with Crippen molar-refractivity contribution >= 4 is 35.2 Å². The summed E-state index contributed by atoms with van der Waals surface area (Å²) < 4.78 is 5.35. The first-order valence-corrected chi connectivity index (χ1v) is 11.7. The van der Waals surface area contributed by atoms with E-state index in [2.05, 4.69) is 16.9 Å². The first-order valence-electron chi connectivity index (χ1n) is 11.7. The predicted octanol–water partition coefficient (Wildman–Crippen LogP) is 5.44. The van der Waals surface area contributed by atoms with Gasteiger partial charge in [-0.1, -0.05) is 30.9 Å². The number of fused-ring (bicyclic) bond motifs is 1. The van der Waals surface area contributed by atoms with Crippen LogP contribution in [0.25, 0.3) is 0 Å². The van der Waals surface area contributed by atoms with Crippen LogP contribution in [-0.2, 0) is 16.1 Å². The van der Waals surface area contributed by atoms with Crippen LogP contribution in [0.5, 0.6) is 0 Å². The molecular formula is C27H33N5O4. The average Bonchev–Trinajstić information content (AvgIpc) is 2.83. The lowest BCUT2D eigenvalue weighted by Gasteiger charge is -2.37. The van der Waals surface area contributed by atoms with Crippen LogP contribution in [0, 0.1) is 0 Å². The Bertz CT molecular complexity index is 1190. The number of allylic oxidation sites excluding steroid dienone is 2. The molecule has 0 aliphatic carbocycles. The fourth-order valence-corrected chi connectivity index (χ4v) is 3.64. The second-order valence-corrected chi connectivity index (χ2v) is 9.38. The van der Waals surface area contributed by atoms with Gasteiger partial charge in [-0.2, -0.15) is 0 Å². The average molecular weight is 492 g/mol. The van der Waals surface area contributed by atoms with E-state index in [1.807, 2.05) is 37.3 Å². The van der Waals surface area contributed by atoms with Crippen molar-refractivity contribution in [2.45, 2.75) is 52.8 Å². The van der Waals surface area contributed by atoms with E-state index < -0.39 is 23.6 Å². The number of amides is 4. The highest BCUT2D eigenvalue weighted by Gasteiger charge is 2.34. The van der Waals surface area contributed by atoms with Gasteiger partial charge in [-0.15, -0.1) is 0 Å². The number of likely N-dealkylation sites (N-methyl/N-ethyl adjacent to an activating group) is 1. The van der Waals surface area contributed by atoms with Crippen LogP contribution in [0.2, 0.25) is 0 Å². The molecule has 36 heavy (non-hydrogen) atoms. The number of hydrogen-bond acceptors (Lipinski definition) is 5. The van der Waals surface area contributed by atoms with E-state index in [0.29, 0.717) is 28.6 Å². The molecule has 2 aromatic rings. The Morgan fingerprint density at radius 1 is 1.19 bits per heavy atom. The maximum Gasteiger partial charge on any atom is 0.410 e. The molecule has 1 N–H and O–H groups in total. The van der Waals surface area contributed by atoms with E-state index in [4.69, 9.17) is 4.74 Å². The molecule has 2 heterocycles. The molecule has 3 rings (SSSR count). The van der Waals surface area contributed by atoms with E-state index >= 15 is 0 Å². The van der Waals surface area contributed by atoms with Crippen LogP contribution in [0.4, 0.5) is 26.8 Å². The van der Waals surface area contributed by atoms with Gasteiger partial charge in [0, 0.05) is 12.7 Å². The number of ether oxygens (including phenoxy) is 1. The largest absolute Gasteiger partial charge is 0.444 e. The van der Waals surface area contributed by atoms with E-state index in [0.717, 1.165) is 0 Å². The van der Waals surface area contributed by atoms with E-state index in [1.165, 1.54) is 11.9 Å². The van der Waals surface area contributed by atoms with Gasteiger partial charge < -0.3 is 10.1 Å². The van der Waals surface area contributed by atoms with Gasteiger partial charge >= 0.3 is 12.1 Å². The van der Waals surface area contributed by atoms with Gasteiger partial charge in [-0.05, 0) is 65.0 Å².